The summed E-state index contributed by atoms with van der Waals surface area (Å²) in [7, 11) is -1.38. The lowest BCUT2D eigenvalue weighted by Gasteiger charge is -2.29. The maximum Gasteiger partial charge on any atom is 0.221 e. The van der Waals surface area contributed by atoms with Gasteiger partial charge in [0.25, 0.3) is 0 Å². The lowest BCUT2D eigenvalue weighted by Crippen LogP contribution is -2.36. The number of hydrogen-bond donors (Lipinski definition) is 1. The van der Waals surface area contributed by atoms with Crippen LogP contribution in [0.5, 0.6) is 5.88 Å². The van der Waals surface area contributed by atoms with Crippen LogP contribution in [0.4, 0.5) is 15.9 Å². The molecule has 4 rings (SSSR count). The van der Waals surface area contributed by atoms with Crippen molar-refractivity contribution in [3.8, 4) is 5.88 Å². The normalized spacial score (nSPS) is 18.7. The summed E-state index contributed by atoms with van der Waals surface area (Å²) in [5.74, 6) is 0.277. The fourth-order valence-electron chi connectivity index (χ4n) is 3.71. The van der Waals surface area contributed by atoms with Gasteiger partial charge in [0.2, 0.25) is 5.88 Å². The molecule has 1 N–H and O–H groups in total. The Labute approximate surface area is 177 Å². The first-order chi connectivity index (χ1) is 14.3. The van der Waals surface area contributed by atoms with Crippen LogP contribution in [0.15, 0.2) is 29.4 Å². The van der Waals surface area contributed by atoms with Gasteiger partial charge >= 0.3 is 0 Å². The molecule has 10 heteroatoms. The summed E-state index contributed by atoms with van der Waals surface area (Å²) in [5, 5.41) is 2.56. The minimum Gasteiger partial charge on any atom is -0.474 e. The molecule has 0 unspecified atom stereocenters. The van der Waals surface area contributed by atoms with Crippen molar-refractivity contribution in [2.75, 3.05) is 18.4 Å². The smallest absolute Gasteiger partial charge is 0.221 e. The maximum absolute atomic E-state index is 14.7. The summed E-state index contributed by atoms with van der Waals surface area (Å²) < 4.78 is 45.8. The number of nitrogens with zero attached hydrogens (tertiary/aromatic N) is 3. The fraction of sp³-hybridized carbons (Fsp3) is 0.500. The largest absolute Gasteiger partial charge is 0.474 e. The zero-order valence-electron chi connectivity index (χ0n) is 17.3. The Morgan fingerprint density at radius 2 is 1.93 bits per heavy atom. The molecule has 1 aromatic carbocycles. The van der Waals surface area contributed by atoms with E-state index in [2.05, 4.69) is 28.1 Å². The monoisotopic (exact) mass is 432 g/mol. The van der Waals surface area contributed by atoms with E-state index in [-0.39, 0.29) is 21.9 Å². The molecule has 7 nitrogen and oxygen atoms in total. The predicted octanol–water partition coefficient (Wildman–Crippen LogP) is 2.39. The van der Waals surface area contributed by atoms with E-state index in [0.29, 0.717) is 30.1 Å². The van der Waals surface area contributed by atoms with Gasteiger partial charge in [-0.3, -0.25) is 0 Å². The highest BCUT2D eigenvalue weighted by Crippen LogP contribution is 2.33. The van der Waals surface area contributed by atoms with Gasteiger partial charge in [0.15, 0.2) is 17.8 Å². The van der Waals surface area contributed by atoms with Crippen LogP contribution in [0.3, 0.4) is 0 Å². The van der Waals surface area contributed by atoms with Crippen LogP contribution in [0.1, 0.15) is 37.7 Å². The summed E-state index contributed by atoms with van der Waals surface area (Å²) in [6.07, 6.45) is 5.51. The molecule has 2 fully saturated rings. The van der Waals surface area contributed by atoms with E-state index in [1.807, 2.05) is 6.92 Å². The van der Waals surface area contributed by atoms with E-state index in [9.17, 15) is 12.8 Å². The van der Waals surface area contributed by atoms with Gasteiger partial charge in [0.05, 0.1) is 21.4 Å². The van der Waals surface area contributed by atoms with Gasteiger partial charge in [-0.05, 0) is 63.9 Å². The molecule has 0 radical (unpaired) electrons. The van der Waals surface area contributed by atoms with Crippen LogP contribution in [0, 0.1) is 12.7 Å². The molecule has 1 aromatic heterocycles. The van der Waals surface area contributed by atoms with E-state index >= 15 is 0 Å². The molecular formula is C20H26BFN4O3S. The molecule has 0 bridgehead atoms. The van der Waals surface area contributed by atoms with Crippen LogP contribution in [0.2, 0.25) is 0 Å². The van der Waals surface area contributed by atoms with Gasteiger partial charge in [-0.2, -0.15) is 0 Å². The summed E-state index contributed by atoms with van der Waals surface area (Å²) in [4.78, 5) is 10.7. The number of hydrogen-bond acceptors (Lipinski definition) is 7. The molecule has 160 valence electrons. The summed E-state index contributed by atoms with van der Waals surface area (Å²) in [6.45, 7) is 3.77. The van der Waals surface area contributed by atoms with Crippen molar-refractivity contribution in [3.63, 3.8) is 0 Å². The second-order valence-corrected chi connectivity index (χ2v) is 10.4. The second-order valence-electron chi connectivity index (χ2n) is 8.14. The highest BCUT2D eigenvalue weighted by atomic mass is 32.2. The Bertz CT molecular complexity index is 1020. The molecule has 1 aliphatic carbocycles. The topological polar surface area (TPSA) is 84.4 Å². The van der Waals surface area contributed by atoms with Crippen molar-refractivity contribution < 1.29 is 17.5 Å². The van der Waals surface area contributed by atoms with E-state index in [1.165, 1.54) is 18.5 Å². The standard InChI is InChI=1S/C20H26BFN4O3S/c1-13-19(23-12-24-20(13)29-14-7-9-26(21)10-8-14)25-18-6-5-16(11-17(18)22)30(27,28)15-3-2-4-15/h5-6,11-12,14-15H,2-4,7-10,21H2,1H3,(H,23,24,25). The lowest BCUT2D eigenvalue weighted by atomic mass is 10.00. The third kappa shape index (κ3) is 4.29. The van der Waals surface area contributed by atoms with E-state index in [0.717, 1.165) is 38.4 Å². The minimum absolute atomic E-state index is 0.0287. The van der Waals surface area contributed by atoms with E-state index < -0.39 is 15.7 Å². The fourth-order valence-corrected chi connectivity index (χ4v) is 5.58. The SMILES string of the molecule is BN1CCC(Oc2ncnc(Nc3ccc(S(=O)(=O)C4CCC4)cc3F)c2C)CC1. The molecule has 0 atom stereocenters. The van der Waals surface area contributed by atoms with Crippen molar-refractivity contribution in [3.05, 3.63) is 35.9 Å². The lowest BCUT2D eigenvalue weighted by molar-refractivity contribution is 0.130. The van der Waals surface area contributed by atoms with Crippen molar-refractivity contribution in [1.29, 1.82) is 0 Å². The summed E-state index contributed by atoms with van der Waals surface area (Å²) in [5.41, 5.74) is 0.844. The Hall–Kier alpha value is -2.20. The van der Waals surface area contributed by atoms with Crippen LogP contribution in [0.25, 0.3) is 0 Å². The highest BCUT2D eigenvalue weighted by Gasteiger charge is 2.33. The number of nitrogens with one attached hydrogen (secondary N) is 1. The molecular weight excluding hydrogens is 406 g/mol. The van der Waals surface area contributed by atoms with E-state index in [1.54, 1.807) is 0 Å². The Balaban J connectivity index is 1.50. The number of rotatable bonds is 6. The Morgan fingerprint density at radius 3 is 2.57 bits per heavy atom. The molecule has 30 heavy (non-hydrogen) atoms. The molecule has 2 heterocycles. The third-order valence-electron chi connectivity index (χ3n) is 5.99. The third-order valence-corrected chi connectivity index (χ3v) is 8.25. The molecule has 2 aliphatic rings. The van der Waals surface area contributed by atoms with E-state index in [4.69, 9.17) is 4.74 Å². The van der Waals surface area contributed by atoms with Gasteiger partial charge in [-0.1, -0.05) is 6.42 Å². The molecule has 1 saturated carbocycles. The molecule has 2 aromatic rings. The number of piperidine rings is 1. The first-order valence-corrected chi connectivity index (χ1v) is 11.9. The van der Waals surface area contributed by atoms with Crippen LogP contribution in [-0.2, 0) is 9.84 Å². The Morgan fingerprint density at radius 1 is 1.20 bits per heavy atom. The van der Waals surface area contributed by atoms with Gasteiger partial charge in [0.1, 0.15) is 24.1 Å². The number of benzene rings is 1. The number of anilines is 2. The van der Waals surface area contributed by atoms with Crippen molar-refractivity contribution >= 4 is 29.3 Å². The minimum atomic E-state index is -3.47. The highest BCUT2D eigenvalue weighted by molar-refractivity contribution is 7.92. The molecule has 1 saturated heterocycles. The van der Waals surface area contributed by atoms with Crippen LogP contribution in [-0.4, -0.2) is 55.6 Å². The number of aromatic nitrogens is 2. The van der Waals surface area contributed by atoms with Crippen LogP contribution < -0.4 is 10.1 Å². The second kappa shape index (κ2) is 8.51. The zero-order valence-corrected chi connectivity index (χ0v) is 18.1. The molecule has 0 amide bonds. The van der Waals surface area contributed by atoms with Crippen molar-refractivity contribution in [2.24, 2.45) is 0 Å². The summed E-state index contributed by atoms with van der Waals surface area (Å²) >= 11 is 0. The summed E-state index contributed by atoms with van der Waals surface area (Å²) in [6, 6.07) is 3.98. The first kappa shape index (κ1) is 21.1. The Kier molecular flexibility index (Phi) is 5.97. The zero-order chi connectivity index (χ0) is 21.3. The number of ether oxygens (including phenoxy) is 1. The number of sulfone groups is 1. The maximum atomic E-state index is 14.7. The predicted molar refractivity (Wildman–Crippen MR) is 115 cm³/mol. The van der Waals surface area contributed by atoms with Gasteiger partial charge in [-0.15, -0.1) is 0 Å². The average molecular weight is 432 g/mol. The van der Waals surface area contributed by atoms with Gasteiger partial charge < -0.3 is 14.9 Å². The first-order valence-electron chi connectivity index (χ1n) is 10.3. The quantitative estimate of drug-likeness (QED) is 0.702. The number of halogens is 1. The molecule has 1 aliphatic heterocycles. The van der Waals surface area contributed by atoms with Crippen molar-refractivity contribution in [1.82, 2.24) is 14.8 Å². The van der Waals surface area contributed by atoms with Crippen molar-refractivity contribution in [2.45, 2.75) is 55.3 Å². The average Bonchev–Trinajstić information content (AvgIpc) is 2.66. The van der Waals surface area contributed by atoms with Crippen LogP contribution >= 0.6 is 0 Å². The van der Waals surface area contributed by atoms with Gasteiger partial charge in [-0.25, -0.2) is 22.8 Å². The van der Waals surface area contributed by atoms with Gasteiger partial charge in [0, 0.05) is 0 Å². The molecule has 0 spiro atoms.